The van der Waals surface area contributed by atoms with E-state index >= 15 is 0 Å². The molecule has 2 rings (SSSR count). The van der Waals surface area contributed by atoms with E-state index in [1.54, 1.807) is 7.11 Å². The molecule has 1 amide bonds. The van der Waals surface area contributed by atoms with E-state index in [4.69, 9.17) is 10.5 Å². The van der Waals surface area contributed by atoms with Crippen molar-refractivity contribution in [1.82, 2.24) is 4.90 Å². The standard InChI is InChI=1S/C14H22N2O2S/c1-3-16(11-6-4-5-10(11)9-15)14(17)13-12(18-2)7-8-19-13/h7-8,10-11H,3-6,9,15H2,1-2H3. The van der Waals surface area contributed by atoms with Crippen LogP contribution in [0.2, 0.25) is 0 Å². The average Bonchev–Trinajstić information content (AvgIpc) is 3.07. The lowest BCUT2D eigenvalue weighted by molar-refractivity contribution is 0.0654. The van der Waals surface area contributed by atoms with Crippen LogP contribution in [0, 0.1) is 5.92 Å². The van der Waals surface area contributed by atoms with E-state index in [0.29, 0.717) is 23.1 Å². The molecule has 0 saturated heterocycles. The van der Waals surface area contributed by atoms with Gasteiger partial charge in [-0.05, 0) is 43.7 Å². The Labute approximate surface area is 118 Å². The third kappa shape index (κ3) is 2.77. The minimum atomic E-state index is 0.0831. The maximum Gasteiger partial charge on any atom is 0.267 e. The molecule has 0 aliphatic heterocycles. The number of ether oxygens (including phenoxy) is 1. The van der Waals surface area contributed by atoms with Crippen LogP contribution in [-0.4, -0.2) is 37.0 Å². The van der Waals surface area contributed by atoms with Gasteiger partial charge in [-0.25, -0.2) is 0 Å². The number of nitrogens with zero attached hydrogens (tertiary/aromatic N) is 1. The van der Waals surface area contributed by atoms with Gasteiger partial charge in [0, 0.05) is 12.6 Å². The molecule has 1 saturated carbocycles. The zero-order valence-corrected chi connectivity index (χ0v) is 12.4. The Hall–Kier alpha value is -1.07. The number of hydrogen-bond donors (Lipinski definition) is 1. The molecule has 1 aliphatic carbocycles. The van der Waals surface area contributed by atoms with Crippen LogP contribution in [0.1, 0.15) is 35.9 Å². The fraction of sp³-hybridized carbons (Fsp3) is 0.643. The number of thiophene rings is 1. The largest absolute Gasteiger partial charge is 0.495 e. The molecule has 106 valence electrons. The maximum absolute atomic E-state index is 12.7. The number of carbonyl (C=O) groups excluding carboxylic acids is 1. The highest BCUT2D eigenvalue weighted by Gasteiger charge is 2.34. The van der Waals surface area contributed by atoms with Gasteiger partial charge in [0.2, 0.25) is 0 Å². The first-order chi connectivity index (χ1) is 9.22. The highest BCUT2D eigenvalue weighted by Crippen LogP contribution is 2.33. The SMILES string of the molecule is CCN(C(=O)c1sccc1OC)C1CCCC1CN. The molecule has 1 aromatic heterocycles. The summed E-state index contributed by atoms with van der Waals surface area (Å²) < 4.78 is 5.26. The molecule has 1 aromatic rings. The topological polar surface area (TPSA) is 55.6 Å². The van der Waals surface area contributed by atoms with Gasteiger partial charge in [0.1, 0.15) is 10.6 Å². The second-order valence-corrected chi connectivity index (χ2v) is 5.82. The lowest BCUT2D eigenvalue weighted by Crippen LogP contribution is -2.43. The summed E-state index contributed by atoms with van der Waals surface area (Å²) in [5.41, 5.74) is 5.83. The molecule has 1 aliphatic rings. The van der Waals surface area contributed by atoms with E-state index in [0.717, 1.165) is 25.8 Å². The van der Waals surface area contributed by atoms with Gasteiger partial charge < -0.3 is 15.4 Å². The predicted octanol–water partition coefficient (Wildman–Crippen LogP) is 2.35. The molecule has 19 heavy (non-hydrogen) atoms. The Kier molecular flexibility index (Phi) is 4.82. The van der Waals surface area contributed by atoms with Gasteiger partial charge in [-0.3, -0.25) is 4.79 Å². The summed E-state index contributed by atoms with van der Waals surface area (Å²) in [4.78, 5) is 15.4. The minimum Gasteiger partial charge on any atom is -0.495 e. The molecule has 5 heteroatoms. The molecule has 4 nitrogen and oxygen atoms in total. The number of methoxy groups -OCH3 is 1. The number of hydrogen-bond acceptors (Lipinski definition) is 4. The average molecular weight is 282 g/mol. The van der Waals surface area contributed by atoms with Crippen LogP contribution >= 0.6 is 11.3 Å². The highest BCUT2D eigenvalue weighted by molar-refractivity contribution is 7.12. The minimum absolute atomic E-state index is 0.0831. The number of nitrogens with two attached hydrogens (primary N) is 1. The van der Waals surface area contributed by atoms with Crippen molar-refractivity contribution in [2.75, 3.05) is 20.2 Å². The van der Waals surface area contributed by atoms with Crippen LogP contribution in [0.15, 0.2) is 11.4 Å². The predicted molar refractivity (Wildman–Crippen MR) is 77.8 cm³/mol. The Morgan fingerprint density at radius 2 is 2.37 bits per heavy atom. The molecule has 0 aromatic carbocycles. The Morgan fingerprint density at radius 3 is 3.00 bits per heavy atom. The summed E-state index contributed by atoms with van der Waals surface area (Å²) in [6.45, 7) is 3.42. The van der Waals surface area contributed by atoms with Gasteiger partial charge in [-0.1, -0.05) is 6.42 Å². The smallest absolute Gasteiger partial charge is 0.267 e. The van der Waals surface area contributed by atoms with Crippen LogP contribution in [-0.2, 0) is 0 Å². The molecule has 0 spiro atoms. The van der Waals surface area contributed by atoms with Crippen molar-refractivity contribution in [3.05, 3.63) is 16.3 Å². The number of carbonyl (C=O) groups is 1. The van der Waals surface area contributed by atoms with Crippen molar-refractivity contribution in [1.29, 1.82) is 0 Å². The van der Waals surface area contributed by atoms with Gasteiger partial charge in [-0.2, -0.15) is 0 Å². The summed E-state index contributed by atoms with van der Waals surface area (Å²) in [7, 11) is 1.60. The normalized spacial score (nSPS) is 22.5. The second-order valence-electron chi connectivity index (χ2n) is 4.90. The number of amides is 1. The van der Waals surface area contributed by atoms with E-state index in [1.165, 1.54) is 11.3 Å². The Balaban J connectivity index is 2.19. The molecule has 2 N–H and O–H groups in total. The molecule has 0 radical (unpaired) electrons. The van der Waals surface area contributed by atoms with Crippen molar-refractivity contribution in [3.63, 3.8) is 0 Å². The summed E-state index contributed by atoms with van der Waals surface area (Å²) in [5.74, 6) is 1.20. The molecule has 2 atom stereocenters. The highest BCUT2D eigenvalue weighted by atomic mass is 32.1. The molecule has 1 fully saturated rings. The third-order valence-corrected chi connectivity index (χ3v) is 4.85. The lowest BCUT2D eigenvalue weighted by Gasteiger charge is -2.31. The van der Waals surface area contributed by atoms with Crippen molar-refractivity contribution >= 4 is 17.2 Å². The van der Waals surface area contributed by atoms with Crippen LogP contribution in [0.5, 0.6) is 5.75 Å². The zero-order chi connectivity index (χ0) is 13.8. The van der Waals surface area contributed by atoms with Gasteiger partial charge in [0.15, 0.2) is 0 Å². The van der Waals surface area contributed by atoms with E-state index in [2.05, 4.69) is 0 Å². The summed E-state index contributed by atoms with van der Waals surface area (Å²) >= 11 is 1.45. The molecular formula is C14H22N2O2S. The monoisotopic (exact) mass is 282 g/mol. The third-order valence-electron chi connectivity index (χ3n) is 3.97. The Bertz CT molecular complexity index is 433. The first-order valence-electron chi connectivity index (χ1n) is 6.85. The van der Waals surface area contributed by atoms with Gasteiger partial charge in [-0.15, -0.1) is 11.3 Å². The van der Waals surface area contributed by atoms with Crippen molar-refractivity contribution in [2.45, 2.75) is 32.2 Å². The van der Waals surface area contributed by atoms with Gasteiger partial charge in [0.05, 0.1) is 7.11 Å². The van der Waals surface area contributed by atoms with E-state index in [1.807, 2.05) is 23.3 Å². The first kappa shape index (κ1) is 14.3. The van der Waals surface area contributed by atoms with Crippen molar-refractivity contribution in [2.24, 2.45) is 11.7 Å². The van der Waals surface area contributed by atoms with E-state index < -0.39 is 0 Å². The zero-order valence-electron chi connectivity index (χ0n) is 11.6. The number of rotatable bonds is 5. The fourth-order valence-corrected chi connectivity index (χ4v) is 3.79. The Morgan fingerprint density at radius 1 is 1.58 bits per heavy atom. The summed E-state index contributed by atoms with van der Waals surface area (Å²) in [5, 5.41) is 1.90. The maximum atomic E-state index is 12.7. The van der Waals surface area contributed by atoms with Crippen molar-refractivity contribution < 1.29 is 9.53 Å². The van der Waals surface area contributed by atoms with Crippen molar-refractivity contribution in [3.8, 4) is 5.75 Å². The summed E-state index contributed by atoms with van der Waals surface area (Å²) in [6, 6.07) is 2.13. The van der Waals surface area contributed by atoms with E-state index in [9.17, 15) is 4.79 Å². The van der Waals surface area contributed by atoms with Crippen LogP contribution in [0.4, 0.5) is 0 Å². The first-order valence-corrected chi connectivity index (χ1v) is 7.73. The van der Waals surface area contributed by atoms with Crippen LogP contribution in [0.3, 0.4) is 0 Å². The lowest BCUT2D eigenvalue weighted by atomic mass is 10.0. The molecule has 0 bridgehead atoms. The summed E-state index contributed by atoms with van der Waals surface area (Å²) in [6.07, 6.45) is 3.36. The molecule has 2 unspecified atom stereocenters. The molecular weight excluding hydrogens is 260 g/mol. The second kappa shape index (κ2) is 6.39. The van der Waals surface area contributed by atoms with E-state index in [-0.39, 0.29) is 11.9 Å². The van der Waals surface area contributed by atoms with Crippen LogP contribution in [0.25, 0.3) is 0 Å². The van der Waals surface area contributed by atoms with Gasteiger partial charge in [0.25, 0.3) is 5.91 Å². The van der Waals surface area contributed by atoms with Gasteiger partial charge >= 0.3 is 0 Å². The quantitative estimate of drug-likeness (QED) is 0.902. The fourth-order valence-electron chi connectivity index (χ4n) is 2.98. The van der Waals surface area contributed by atoms with Crippen LogP contribution < -0.4 is 10.5 Å². The molecule has 1 heterocycles.